The van der Waals surface area contributed by atoms with Gasteiger partial charge in [0.25, 0.3) is 5.91 Å². The maximum Gasteiger partial charge on any atom is 0.262 e. The Hall–Kier alpha value is -2.98. The minimum absolute atomic E-state index is 0.111. The van der Waals surface area contributed by atoms with Crippen molar-refractivity contribution in [2.75, 3.05) is 11.9 Å². The first kappa shape index (κ1) is 15.9. The van der Waals surface area contributed by atoms with Crippen molar-refractivity contribution in [1.82, 2.24) is 9.38 Å². The van der Waals surface area contributed by atoms with Gasteiger partial charge in [-0.05, 0) is 55.1 Å². The number of carbonyl (C=O) groups is 1. The van der Waals surface area contributed by atoms with Crippen LogP contribution < -0.4 is 10.1 Å². The highest BCUT2D eigenvalue weighted by Crippen LogP contribution is 2.20. The smallest absolute Gasteiger partial charge is 0.262 e. The number of hydrogen-bond donors (Lipinski definition) is 1. The van der Waals surface area contributed by atoms with Crippen molar-refractivity contribution in [2.24, 2.45) is 0 Å². The van der Waals surface area contributed by atoms with E-state index >= 15 is 0 Å². The van der Waals surface area contributed by atoms with Crippen LogP contribution in [0.2, 0.25) is 0 Å². The van der Waals surface area contributed by atoms with Crippen LogP contribution in [0.1, 0.15) is 5.69 Å². The summed E-state index contributed by atoms with van der Waals surface area (Å²) in [5.74, 6) is 0.294. The Kier molecular flexibility index (Phi) is 4.68. The van der Waals surface area contributed by atoms with Gasteiger partial charge in [-0.1, -0.05) is 0 Å². The average molecular weight is 338 g/mol. The summed E-state index contributed by atoms with van der Waals surface area (Å²) in [6, 6.07) is 10.7. The number of amides is 1. The van der Waals surface area contributed by atoms with Crippen LogP contribution in [-0.2, 0) is 4.79 Å². The van der Waals surface area contributed by atoms with Crippen LogP contribution in [0.4, 0.5) is 5.69 Å². The predicted octanol–water partition coefficient (Wildman–Crippen LogP) is 3.23. The van der Waals surface area contributed by atoms with E-state index in [4.69, 9.17) is 10.00 Å². The Morgan fingerprint density at radius 3 is 2.92 bits per heavy atom. The van der Waals surface area contributed by atoms with Crippen LogP contribution in [0.3, 0.4) is 0 Å². The number of benzene rings is 1. The number of thioether (sulfide) groups is 1. The van der Waals surface area contributed by atoms with Crippen molar-refractivity contribution in [2.45, 2.75) is 11.8 Å². The van der Waals surface area contributed by atoms with Crippen molar-refractivity contribution < 1.29 is 9.53 Å². The van der Waals surface area contributed by atoms with E-state index in [1.54, 1.807) is 30.3 Å². The Labute approximate surface area is 143 Å². The maximum atomic E-state index is 12.0. The normalized spacial score (nSPS) is 10.3. The second kappa shape index (κ2) is 7.06. The van der Waals surface area contributed by atoms with Crippen LogP contribution in [-0.4, -0.2) is 21.9 Å². The molecule has 0 atom stereocenters. The Balaban J connectivity index is 1.61. The van der Waals surface area contributed by atoms with Gasteiger partial charge in [0.15, 0.2) is 18.0 Å². The van der Waals surface area contributed by atoms with Crippen molar-refractivity contribution in [1.29, 1.82) is 5.26 Å². The van der Waals surface area contributed by atoms with Crippen LogP contribution >= 0.6 is 11.8 Å². The maximum absolute atomic E-state index is 12.0. The fraction of sp³-hybridized carbons (Fsp3) is 0.118. The molecular formula is C17H14N4O2S. The third kappa shape index (κ3) is 3.67. The van der Waals surface area contributed by atoms with E-state index < -0.39 is 0 Å². The fourth-order valence-corrected chi connectivity index (χ4v) is 2.60. The highest BCUT2D eigenvalue weighted by atomic mass is 32.2. The molecular weight excluding hydrogens is 324 g/mol. The summed E-state index contributed by atoms with van der Waals surface area (Å²) in [5, 5.41) is 13.4. The molecule has 0 saturated carbocycles. The molecule has 2 aromatic heterocycles. The first-order valence-electron chi connectivity index (χ1n) is 7.18. The number of anilines is 1. The number of thiocyanates is 1. The lowest BCUT2D eigenvalue weighted by Gasteiger charge is -2.08. The first-order chi connectivity index (χ1) is 11.7. The fourth-order valence-electron chi connectivity index (χ4n) is 2.22. The number of hydrogen-bond acceptors (Lipinski definition) is 5. The Bertz CT molecular complexity index is 912. The molecule has 1 aromatic carbocycles. The van der Waals surface area contributed by atoms with Gasteiger partial charge in [0, 0.05) is 23.0 Å². The lowest BCUT2D eigenvalue weighted by Crippen LogP contribution is -2.20. The number of nitriles is 1. The number of aromatic nitrogens is 2. The summed E-state index contributed by atoms with van der Waals surface area (Å²) in [5.41, 5.74) is 2.22. The molecule has 3 rings (SSSR count). The zero-order valence-electron chi connectivity index (χ0n) is 12.9. The highest BCUT2D eigenvalue weighted by molar-refractivity contribution is 8.03. The highest BCUT2D eigenvalue weighted by Gasteiger charge is 2.08. The lowest BCUT2D eigenvalue weighted by molar-refractivity contribution is -0.118. The topological polar surface area (TPSA) is 79.4 Å². The molecule has 0 unspecified atom stereocenters. The first-order valence-corrected chi connectivity index (χ1v) is 8.00. The third-order valence-corrected chi connectivity index (χ3v) is 3.83. The third-order valence-electron chi connectivity index (χ3n) is 3.23. The van der Waals surface area contributed by atoms with E-state index in [2.05, 4.69) is 10.3 Å². The molecule has 1 amide bonds. The molecule has 0 aliphatic rings. The van der Waals surface area contributed by atoms with Gasteiger partial charge >= 0.3 is 0 Å². The second-order valence-electron chi connectivity index (χ2n) is 5.04. The monoisotopic (exact) mass is 338 g/mol. The quantitative estimate of drug-likeness (QED) is 0.571. The molecule has 0 aliphatic carbocycles. The summed E-state index contributed by atoms with van der Waals surface area (Å²) in [4.78, 5) is 17.2. The molecule has 2 heterocycles. The minimum Gasteiger partial charge on any atom is -0.480 e. The molecule has 0 saturated heterocycles. The number of rotatable bonds is 5. The van der Waals surface area contributed by atoms with Crippen LogP contribution in [0, 0.1) is 17.6 Å². The van der Waals surface area contributed by atoms with E-state index in [1.165, 1.54) is 0 Å². The van der Waals surface area contributed by atoms with Crippen molar-refractivity contribution in [3.8, 4) is 11.2 Å². The zero-order valence-corrected chi connectivity index (χ0v) is 13.7. The molecule has 1 N–H and O–H groups in total. The minimum atomic E-state index is -0.263. The predicted molar refractivity (Wildman–Crippen MR) is 92.0 cm³/mol. The molecule has 0 spiro atoms. The summed E-state index contributed by atoms with van der Waals surface area (Å²) in [6.07, 6.45) is 3.77. The van der Waals surface area contributed by atoms with Crippen LogP contribution in [0.25, 0.3) is 5.65 Å². The van der Waals surface area contributed by atoms with Gasteiger partial charge in [-0.2, -0.15) is 5.26 Å². The number of nitrogens with one attached hydrogen (secondary N) is 1. The molecule has 3 aromatic rings. The number of ether oxygens (including phenoxy) is 1. The van der Waals surface area contributed by atoms with E-state index in [9.17, 15) is 4.79 Å². The Morgan fingerprint density at radius 2 is 2.17 bits per heavy atom. The number of pyridine rings is 1. The van der Waals surface area contributed by atoms with Crippen LogP contribution in [0.15, 0.2) is 53.7 Å². The SMILES string of the molecule is Cc1cn2cccc(OCC(=O)Nc3ccc(SC#N)cc3)c2n1. The van der Waals surface area contributed by atoms with E-state index in [1.807, 2.05) is 35.2 Å². The van der Waals surface area contributed by atoms with Crippen molar-refractivity contribution in [3.05, 3.63) is 54.5 Å². The number of aryl methyl sites for hydroxylation is 1. The summed E-state index contributed by atoms with van der Waals surface area (Å²) in [6.45, 7) is 1.79. The van der Waals surface area contributed by atoms with Crippen molar-refractivity contribution in [3.63, 3.8) is 0 Å². The van der Waals surface area contributed by atoms with Gasteiger partial charge in [0.05, 0.1) is 5.69 Å². The number of nitrogens with zero attached hydrogens (tertiary/aromatic N) is 3. The number of imidazole rings is 1. The lowest BCUT2D eigenvalue weighted by atomic mass is 10.3. The molecule has 120 valence electrons. The largest absolute Gasteiger partial charge is 0.480 e. The van der Waals surface area contributed by atoms with E-state index in [-0.39, 0.29) is 12.5 Å². The van der Waals surface area contributed by atoms with Gasteiger partial charge in [-0.15, -0.1) is 0 Å². The zero-order chi connectivity index (χ0) is 16.9. The van der Waals surface area contributed by atoms with Gasteiger partial charge in [-0.3, -0.25) is 4.79 Å². The number of carbonyl (C=O) groups excluding carboxylic acids is 1. The Morgan fingerprint density at radius 1 is 1.38 bits per heavy atom. The van der Waals surface area contributed by atoms with Gasteiger partial charge in [0.2, 0.25) is 0 Å². The second-order valence-corrected chi connectivity index (χ2v) is 5.90. The standard InChI is InChI=1S/C17H14N4O2S/c1-12-9-21-8-2-3-15(17(21)19-12)23-10-16(22)20-13-4-6-14(7-5-13)24-11-18/h2-9H,10H2,1H3,(H,20,22). The molecule has 24 heavy (non-hydrogen) atoms. The molecule has 0 radical (unpaired) electrons. The summed E-state index contributed by atoms with van der Waals surface area (Å²) >= 11 is 1.07. The molecule has 6 nitrogen and oxygen atoms in total. The van der Waals surface area contributed by atoms with E-state index in [0.717, 1.165) is 22.4 Å². The molecule has 7 heteroatoms. The average Bonchev–Trinajstić information content (AvgIpc) is 2.96. The summed E-state index contributed by atoms with van der Waals surface area (Å²) in [7, 11) is 0. The molecule has 0 aliphatic heterocycles. The molecule has 0 bridgehead atoms. The van der Waals surface area contributed by atoms with Gasteiger partial charge < -0.3 is 14.5 Å². The molecule has 0 fully saturated rings. The van der Waals surface area contributed by atoms with Crippen LogP contribution in [0.5, 0.6) is 5.75 Å². The summed E-state index contributed by atoms with van der Waals surface area (Å²) < 4.78 is 7.44. The van der Waals surface area contributed by atoms with Crippen molar-refractivity contribution >= 4 is 29.0 Å². The van der Waals surface area contributed by atoms with Gasteiger partial charge in [0.1, 0.15) is 5.40 Å². The number of fused-ring (bicyclic) bond motifs is 1. The van der Waals surface area contributed by atoms with Gasteiger partial charge in [-0.25, -0.2) is 4.98 Å². The van der Waals surface area contributed by atoms with E-state index in [0.29, 0.717) is 17.1 Å².